The van der Waals surface area contributed by atoms with Gasteiger partial charge in [-0.05, 0) is 76.4 Å². The van der Waals surface area contributed by atoms with Gasteiger partial charge in [0.2, 0.25) is 0 Å². The molecule has 0 radical (unpaired) electrons. The number of ether oxygens (including phenoxy) is 2. The lowest BCUT2D eigenvalue weighted by molar-refractivity contribution is 0.0636. The number of benzene rings is 1. The Morgan fingerprint density at radius 2 is 2.18 bits per heavy atom. The number of carbonyl (C=O) groups excluding carboxylic acids is 1. The zero-order valence-electron chi connectivity index (χ0n) is 13.9. The van der Waals surface area contributed by atoms with Crippen LogP contribution < -0.4 is 15.4 Å². The summed E-state index contributed by atoms with van der Waals surface area (Å²) in [5.74, 6) is 1.48. The van der Waals surface area contributed by atoms with E-state index in [4.69, 9.17) is 9.47 Å². The zero-order valence-corrected chi connectivity index (χ0v) is 13.9. The normalized spacial score (nSPS) is 18.1. The van der Waals surface area contributed by atoms with E-state index in [-0.39, 0.29) is 0 Å². The third kappa shape index (κ3) is 4.91. The fraction of sp³-hybridized carbons (Fsp3) is 0.588. The van der Waals surface area contributed by atoms with Crippen LogP contribution in [0.25, 0.3) is 0 Å². The Balaban J connectivity index is 2.07. The summed E-state index contributed by atoms with van der Waals surface area (Å²) < 4.78 is 10.7. The summed E-state index contributed by atoms with van der Waals surface area (Å²) in [7, 11) is 1.67. The van der Waals surface area contributed by atoms with Crippen LogP contribution in [0.4, 0.5) is 10.5 Å². The van der Waals surface area contributed by atoms with E-state index >= 15 is 0 Å². The highest BCUT2D eigenvalue weighted by Crippen LogP contribution is 2.27. The van der Waals surface area contributed by atoms with E-state index in [0.717, 1.165) is 36.5 Å². The molecule has 1 saturated heterocycles. The minimum absolute atomic E-state index is 0.439. The average Bonchev–Trinajstić information content (AvgIpc) is 2.89. The van der Waals surface area contributed by atoms with Gasteiger partial charge in [-0.3, -0.25) is 5.32 Å². The summed E-state index contributed by atoms with van der Waals surface area (Å²) in [6, 6.07) is 5.70. The first-order valence-corrected chi connectivity index (χ1v) is 7.75. The molecule has 5 nitrogen and oxygen atoms in total. The van der Waals surface area contributed by atoms with Crippen LogP contribution in [-0.4, -0.2) is 31.9 Å². The van der Waals surface area contributed by atoms with Gasteiger partial charge < -0.3 is 14.8 Å². The van der Waals surface area contributed by atoms with Gasteiger partial charge in [0.1, 0.15) is 11.4 Å². The number of hydrogen-bond acceptors (Lipinski definition) is 4. The highest BCUT2D eigenvalue weighted by atomic mass is 16.6. The van der Waals surface area contributed by atoms with Crippen LogP contribution in [0.1, 0.15) is 32.8 Å². The molecule has 1 aromatic carbocycles. The zero-order chi connectivity index (χ0) is 16.2. The predicted octanol–water partition coefficient (Wildman–Crippen LogP) is 3.19. The molecule has 0 saturated carbocycles. The smallest absolute Gasteiger partial charge is 0.412 e. The van der Waals surface area contributed by atoms with Gasteiger partial charge in [0.05, 0.1) is 7.11 Å². The molecule has 1 aromatic rings. The molecule has 2 N–H and O–H groups in total. The predicted molar refractivity (Wildman–Crippen MR) is 87.5 cm³/mol. The Kier molecular flexibility index (Phi) is 5.29. The minimum atomic E-state index is -0.505. The standard InChI is InChI=1S/C17H26N2O3/c1-17(2,3)22-16(20)19-14-5-6-15(21-4)13(10-14)9-12-7-8-18-11-12/h5-6,10,12,18H,7-9,11H2,1-4H3,(H,19,20). The number of anilines is 1. The minimum Gasteiger partial charge on any atom is -0.496 e. The first-order valence-electron chi connectivity index (χ1n) is 7.75. The Morgan fingerprint density at radius 3 is 2.77 bits per heavy atom. The molecule has 0 aromatic heterocycles. The number of hydrogen-bond donors (Lipinski definition) is 2. The summed E-state index contributed by atoms with van der Waals surface area (Å²) in [6.07, 6.45) is 1.68. The number of amides is 1. The highest BCUT2D eigenvalue weighted by molar-refractivity contribution is 5.85. The summed E-state index contributed by atoms with van der Waals surface area (Å²) in [5, 5.41) is 6.15. The molecule has 1 aliphatic heterocycles. The van der Waals surface area contributed by atoms with Crippen LogP contribution in [0.2, 0.25) is 0 Å². The van der Waals surface area contributed by atoms with E-state index in [0.29, 0.717) is 5.92 Å². The van der Waals surface area contributed by atoms with Gasteiger partial charge in [0, 0.05) is 5.69 Å². The van der Waals surface area contributed by atoms with Gasteiger partial charge in [0.15, 0.2) is 0 Å². The van der Waals surface area contributed by atoms with Crippen LogP contribution in [0, 0.1) is 5.92 Å². The monoisotopic (exact) mass is 306 g/mol. The molecule has 0 aliphatic carbocycles. The van der Waals surface area contributed by atoms with E-state index in [2.05, 4.69) is 10.6 Å². The van der Waals surface area contributed by atoms with Gasteiger partial charge >= 0.3 is 6.09 Å². The van der Waals surface area contributed by atoms with Crippen molar-refractivity contribution in [3.8, 4) is 5.75 Å². The fourth-order valence-corrected chi connectivity index (χ4v) is 2.64. The molecule has 0 spiro atoms. The van der Waals surface area contributed by atoms with Crippen LogP contribution >= 0.6 is 0 Å². The van der Waals surface area contributed by atoms with Crippen molar-refractivity contribution in [1.82, 2.24) is 5.32 Å². The van der Waals surface area contributed by atoms with Crippen molar-refractivity contribution in [1.29, 1.82) is 0 Å². The van der Waals surface area contributed by atoms with E-state index < -0.39 is 11.7 Å². The molecule has 1 heterocycles. The number of methoxy groups -OCH3 is 1. The van der Waals surface area contributed by atoms with E-state index in [1.165, 1.54) is 6.42 Å². The van der Waals surface area contributed by atoms with Crippen LogP contribution in [0.15, 0.2) is 18.2 Å². The van der Waals surface area contributed by atoms with Crippen LogP contribution in [0.3, 0.4) is 0 Å². The van der Waals surface area contributed by atoms with E-state index in [1.54, 1.807) is 7.11 Å². The molecular weight excluding hydrogens is 280 g/mol. The van der Waals surface area contributed by atoms with E-state index in [1.807, 2.05) is 39.0 Å². The average molecular weight is 306 g/mol. The lowest BCUT2D eigenvalue weighted by Gasteiger charge is -2.20. The molecule has 0 bridgehead atoms. The lowest BCUT2D eigenvalue weighted by Crippen LogP contribution is -2.27. The first-order chi connectivity index (χ1) is 10.4. The third-order valence-electron chi connectivity index (χ3n) is 3.60. The van der Waals surface area contributed by atoms with Crippen molar-refractivity contribution in [2.75, 3.05) is 25.5 Å². The number of carbonyl (C=O) groups is 1. The second-order valence-electron chi connectivity index (χ2n) is 6.72. The molecule has 122 valence electrons. The highest BCUT2D eigenvalue weighted by Gasteiger charge is 2.19. The molecule has 5 heteroatoms. The number of rotatable bonds is 4. The molecule has 1 amide bonds. The maximum Gasteiger partial charge on any atom is 0.412 e. The van der Waals surface area contributed by atoms with Crippen LogP contribution in [-0.2, 0) is 11.2 Å². The summed E-state index contributed by atoms with van der Waals surface area (Å²) in [6.45, 7) is 7.65. The first kappa shape index (κ1) is 16.6. The van der Waals surface area contributed by atoms with Crippen molar-refractivity contribution in [3.05, 3.63) is 23.8 Å². The quantitative estimate of drug-likeness (QED) is 0.897. The van der Waals surface area contributed by atoms with Gasteiger partial charge in [0.25, 0.3) is 0 Å². The molecule has 2 rings (SSSR count). The second kappa shape index (κ2) is 7.01. The third-order valence-corrected chi connectivity index (χ3v) is 3.60. The number of nitrogens with one attached hydrogen (secondary N) is 2. The molecule has 1 atom stereocenters. The van der Waals surface area contributed by atoms with Crippen molar-refractivity contribution in [2.24, 2.45) is 5.92 Å². The van der Waals surface area contributed by atoms with Gasteiger partial charge in [-0.2, -0.15) is 0 Å². The second-order valence-corrected chi connectivity index (χ2v) is 6.72. The molecular formula is C17H26N2O3. The van der Waals surface area contributed by atoms with Gasteiger partial charge in [-0.25, -0.2) is 4.79 Å². The maximum absolute atomic E-state index is 11.9. The van der Waals surface area contributed by atoms with Crippen molar-refractivity contribution in [3.63, 3.8) is 0 Å². The SMILES string of the molecule is COc1ccc(NC(=O)OC(C)(C)C)cc1CC1CCNC1. The Bertz CT molecular complexity index is 517. The summed E-state index contributed by atoms with van der Waals surface area (Å²) >= 11 is 0. The molecule has 1 unspecified atom stereocenters. The van der Waals surface area contributed by atoms with Crippen molar-refractivity contribution in [2.45, 2.75) is 39.2 Å². The Hall–Kier alpha value is -1.75. The fourth-order valence-electron chi connectivity index (χ4n) is 2.64. The van der Waals surface area contributed by atoms with Crippen molar-refractivity contribution >= 4 is 11.8 Å². The Morgan fingerprint density at radius 1 is 1.41 bits per heavy atom. The largest absolute Gasteiger partial charge is 0.496 e. The van der Waals surface area contributed by atoms with Gasteiger partial charge in [-0.1, -0.05) is 0 Å². The molecule has 1 aliphatic rings. The molecule has 1 fully saturated rings. The van der Waals surface area contributed by atoms with E-state index in [9.17, 15) is 4.79 Å². The summed E-state index contributed by atoms with van der Waals surface area (Å²) in [5.41, 5.74) is 1.34. The Labute approximate surface area is 132 Å². The molecule has 22 heavy (non-hydrogen) atoms. The summed E-state index contributed by atoms with van der Waals surface area (Å²) in [4.78, 5) is 11.9. The maximum atomic E-state index is 11.9. The van der Waals surface area contributed by atoms with Gasteiger partial charge in [-0.15, -0.1) is 0 Å². The topological polar surface area (TPSA) is 59.6 Å². The van der Waals surface area contributed by atoms with Crippen molar-refractivity contribution < 1.29 is 14.3 Å². The van der Waals surface area contributed by atoms with Crippen LogP contribution in [0.5, 0.6) is 5.75 Å². The lowest BCUT2D eigenvalue weighted by atomic mass is 9.97.